The van der Waals surface area contributed by atoms with Crippen molar-refractivity contribution in [1.29, 1.82) is 0 Å². The van der Waals surface area contributed by atoms with E-state index in [0.717, 1.165) is 38.7 Å². The first-order valence-corrected chi connectivity index (χ1v) is 11.1. The molecule has 0 aromatic carbocycles. The Kier molecular flexibility index (Phi) is 7.79. The monoisotopic (exact) mass is 379 g/mol. The summed E-state index contributed by atoms with van der Waals surface area (Å²) in [5.74, 6) is 1.75. The molecule has 3 saturated heterocycles. The predicted molar refractivity (Wildman–Crippen MR) is 112 cm³/mol. The molecule has 0 aliphatic carbocycles. The molecule has 0 aromatic rings. The van der Waals surface area contributed by atoms with E-state index in [0.29, 0.717) is 5.92 Å². The molecule has 1 atom stereocenters. The van der Waals surface area contributed by atoms with Gasteiger partial charge in [-0.15, -0.1) is 0 Å². The molecule has 1 unspecified atom stereocenters. The van der Waals surface area contributed by atoms with Crippen LogP contribution in [0, 0.1) is 5.92 Å². The predicted octanol–water partition coefficient (Wildman–Crippen LogP) is 1.87. The fourth-order valence-corrected chi connectivity index (χ4v) is 5.02. The first-order chi connectivity index (χ1) is 13.2. The topological polar surface area (TPSA) is 43.3 Å². The van der Waals surface area contributed by atoms with Gasteiger partial charge in [0.15, 0.2) is 5.96 Å². The van der Waals surface area contributed by atoms with Crippen LogP contribution in [-0.4, -0.2) is 99.3 Å². The molecule has 0 amide bonds. The average molecular weight is 380 g/mol. The number of nitrogens with zero attached hydrogens (tertiary/aromatic N) is 4. The second-order valence-electron chi connectivity index (χ2n) is 8.80. The van der Waals surface area contributed by atoms with Crippen LogP contribution in [0.5, 0.6) is 0 Å². The van der Waals surface area contributed by atoms with Gasteiger partial charge in [0.05, 0.1) is 13.2 Å². The molecule has 6 heteroatoms. The number of nitrogens with one attached hydrogen (secondary N) is 1. The smallest absolute Gasteiger partial charge is 0.193 e. The van der Waals surface area contributed by atoms with Crippen LogP contribution in [0.4, 0.5) is 0 Å². The van der Waals surface area contributed by atoms with E-state index >= 15 is 0 Å². The summed E-state index contributed by atoms with van der Waals surface area (Å²) in [6, 6.07) is 0. The van der Waals surface area contributed by atoms with Crippen LogP contribution in [0.25, 0.3) is 0 Å². The molecule has 0 spiro atoms. The minimum Gasteiger partial charge on any atom is -0.384 e. The first kappa shape index (κ1) is 20.9. The number of piperidine rings is 2. The van der Waals surface area contributed by atoms with Gasteiger partial charge in [0.1, 0.15) is 0 Å². The summed E-state index contributed by atoms with van der Waals surface area (Å²) in [4.78, 5) is 12.9. The Bertz CT molecular complexity index is 469. The highest BCUT2D eigenvalue weighted by Crippen LogP contribution is 2.32. The molecule has 0 radical (unpaired) electrons. The highest BCUT2D eigenvalue weighted by atomic mass is 16.5. The summed E-state index contributed by atoms with van der Waals surface area (Å²) in [7, 11) is 4.07. The molecule has 3 aliphatic heterocycles. The number of guanidine groups is 1. The molecule has 3 rings (SSSR count). The molecule has 6 nitrogen and oxygen atoms in total. The Morgan fingerprint density at radius 1 is 1.11 bits per heavy atom. The first-order valence-electron chi connectivity index (χ1n) is 11.1. The van der Waals surface area contributed by atoms with E-state index < -0.39 is 0 Å². The van der Waals surface area contributed by atoms with Gasteiger partial charge in [-0.1, -0.05) is 6.42 Å². The van der Waals surface area contributed by atoms with E-state index in [4.69, 9.17) is 9.73 Å². The number of rotatable bonds is 6. The summed E-state index contributed by atoms with van der Waals surface area (Å²) in [6.07, 6.45) is 7.81. The maximum atomic E-state index is 5.38. The van der Waals surface area contributed by atoms with Gasteiger partial charge in [-0.05, 0) is 72.3 Å². The summed E-state index contributed by atoms with van der Waals surface area (Å²) in [6.45, 7) is 12.0. The molecule has 1 N–H and O–H groups in total. The van der Waals surface area contributed by atoms with Crippen LogP contribution in [0.15, 0.2) is 4.99 Å². The fourth-order valence-electron chi connectivity index (χ4n) is 5.02. The standard InChI is InChI=1S/C21H41N5O/c1-4-22-20(25-13-8-19(16-25)17-27-3)23-18-21(9-14-24(2)15-10-21)26-11-6-5-7-12-26/h19H,4-18H2,1-3H3,(H,22,23). The molecule has 0 saturated carbocycles. The number of hydrogen-bond acceptors (Lipinski definition) is 4. The summed E-state index contributed by atoms with van der Waals surface area (Å²) in [5, 5.41) is 3.56. The molecule has 3 heterocycles. The Morgan fingerprint density at radius 3 is 2.52 bits per heavy atom. The Hall–Kier alpha value is -0.850. The van der Waals surface area contributed by atoms with E-state index in [-0.39, 0.29) is 5.54 Å². The highest BCUT2D eigenvalue weighted by molar-refractivity contribution is 5.80. The van der Waals surface area contributed by atoms with Crippen molar-refractivity contribution in [2.75, 3.05) is 73.1 Å². The van der Waals surface area contributed by atoms with Crippen molar-refractivity contribution in [2.24, 2.45) is 10.9 Å². The SMILES string of the molecule is CCNC(=NCC1(N2CCCCC2)CCN(C)CC1)N1CCC(COC)C1. The maximum Gasteiger partial charge on any atom is 0.193 e. The van der Waals surface area contributed by atoms with E-state index in [1.54, 1.807) is 0 Å². The van der Waals surface area contributed by atoms with Crippen molar-refractivity contribution in [3.05, 3.63) is 0 Å². The third-order valence-electron chi connectivity index (χ3n) is 6.79. The van der Waals surface area contributed by atoms with Gasteiger partial charge in [0.2, 0.25) is 0 Å². The van der Waals surface area contributed by atoms with Crippen molar-refractivity contribution in [1.82, 2.24) is 20.0 Å². The average Bonchev–Trinajstić information content (AvgIpc) is 3.16. The summed E-state index contributed by atoms with van der Waals surface area (Å²) in [5.41, 5.74) is 0.263. The van der Waals surface area contributed by atoms with Crippen molar-refractivity contribution in [2.45, 2.75) is 51.0 Å². The lowest BCUT2D eigenvalue weighted by atomic mass is 9.84. The van der Waals surface area contributed by atoms with Crippen LogP contribution in [0.3, 0.4) is 0 Å². The molecule has 27 heavy (non-hydrogen) atoms. The Labute approximate surface area is 166 Å². The minimum absolute atomic E-state index is 0.263. The van der Waals surface area contributed by atoms with Gasteiger partial charge in [0.25, 0.3) is 0 Å². The normalized spacial score (nSPS) is 27.9. The van der Waals surface area contributed by atoms with Gasteiger partial charge in [0, 0.05) is 38.2 Å². The molecule has 0 aromatic heterocycles. The second kappa shape index (κ2) is 10.1. The second-order valence-corrected chi connectivity index (χ2v) is 8.80. The number of likely N-dealkylation sites (tertiary alicyclic amines) is 3. The lowest BCUT2D eigenvalue weighted by Crippen LogP contribution is -2.58. The minimum atomic E-state index is 0.263. The molecular weight excluding hydrogens is 338 g/mol. The van der Waals surface area contributed by atoms with Gasteiger partial charge in [-0.3, -0.25) is 9.89 Å². The third-order valence-corrected chi connectivity index (χ3v) is 6.79. The zero-order chi connectivity index (χ0) is 19.1. The van der Waals surface area contributed by atoms with Crippen LogP contribution < -0.4 is 5.32 Å². The number of methoxy groups -OCH3 is 1. The molecule has 3 fully saturated rings. The van der Waals surface area contributed by atoms with Crippen LogP contribution >= 0.6 is 0 Å². The highest BCUT2D eigenvalue weighted by Gasteiger charge is 2.39. The van der Waals surface area contributed by atoms with Crippen molar-refractivity contribution >= 4 is 5.96 Å². The summed E-state index contributed by atoms with van der Waals surface area (Å²) >= 11 is 0. The zero-order valence-corrected chi connectivity index (χ0v) is 17.9. The maximum absolute atomic E-state index is 5.38. The quantitative estimate of drug-likeness (QED) is 0.564. The molecule has 0 bridgehead atoms. The van der Waals surface area contributed by atoms with Gasteiger partial charge < -0.3 is 19.9 Å². The van der Waals surface area contributed by atoms with Crippen LogP contribution in [0.2, 0.25) is 0 Å². The number of ether oxygens (including phenoxy) is 1. The Balaban J connectivity index is 1.70. The number of hydrogen-bond donors (Lipinski definition) is 1. The molecule has 156 valence electrons. The van der Waals surface area contributed by atoms with Gasteiger partial charge in [-0.25, -0.2) is 0 Å². The molecule has 3 aliphatic rings. The van der Waals surface area contributed by atoms with E-state index in [9.17, 15) is 0 Å². The van der Waals surface area contributed by atoms with E-state index in [1.165, 1.54) is 64.7 Å². The summed E-state index contributed by atoms with van der Waals surface area (Å²) < 4.78 is 5.38. The van der Waals surface area contributed by atoms with Crippen LogP contribution in [-0.2, 0) is 4.74 Å². The van der Waals surface area contributed by atoms with Gasteiger partial charge in [-0.2, -0.15) is 0 Å². The fraction of sp³-hybridized carbons (Fsp3) is 0.952. The largest absolute Gasteiger partial charge is 0.384 e. The lowest BCUT2D eigenvalue weighted by molar-refractivity contribution is 0.0206. The zero-order valence-electron chi connectivity index (χ0n) is 17.9. The molecular formula is C21H41N5O. The lowest BCUT2D eigenvalue weighted by Gasteiger charge is -2.49. The van der Waals surface area contributed by atoms with Gasteiger partial charge >= 0.3 is 0 Å². The van der Waals surface area contributed by atoms with Crippen molar-refractivity contribution < 1.29 is 4.74 Å². The number of aliphatic imine (C=N–C) groups is 1. The van der Waals surface area contributed by atoms with Crippen molar-refractivity contribution in [3.8, 4) is 0 Å². The van der Waals surface area contributed by atoms with Crippen molar-refractivity contribution in [3.63, 3.8) is 0 Å². The van der Waals surface area contributed by atoms with Crippen LogP contribution in [0.1, 0.15) is 45.4 Å². The van der Waals surface area contributed by atoms with E-state index in [1.807, 2.05) is 7.11 Å². The third kappa shape index (κ3) is 5.36. The van der Waals surface area contributed by atoms with E-state index in [2.05, 4.69) is 34.0 Å². The Morgan fingerprint density at radius 2 is 1.85 bits per heavy atom.